The number of nitrogens with two attached hydrogens (primary N) is 1. The molecule has 3 heterocycles. The van der Waals surface area contributed by atoms with Crippen molar-refractivity contribution in [1.82, 2.24) is 18.7 Å². The van der Waals surface area contributed by atoms with Crippen LogP contribution in [0, 0.1) is 40.9 Å². The van der Waals surface area contributed by atoms with Crippen LogP contribution in [0.15, 0.2) is 15.7 Å². The number of aryl methyl sites for hydroxylation is 1. The Labute approximate surface area is 207 Å². The van der Waals surface area contributed by atoms with Gasteiger partial charge in [0.1, 0.15) is 0 Å². The highest BCUT2D eigenvalue weighted by molar-refractivity contribution is 5.75. The molecule has 1 aliphatic rings. The average Bonchev–Trinajstić information content (AvgIpc) is 3.27. The van der Waals surface area contributed by atoms with E-state index in [9.17, 15) is 31.5 Å². The fourth-order valence-corrected chi connectivity index (χ4v) is 4.31. The predicted molar refractivity (Wildman–Crippen MR) is 127 cm³/mol. The van der Waals surface area contributed by atoms with E-state index in [0.717, 1.165) is 28.1 Å². The molecule has 1 fully saturated rings. The Kier molecular flexibility index (Phi) is 7.22. The van der Waals surface area contributed by atoms with Crippen molar-refractivity contribution in [2.45, 2.75) is 38.9 Å². The minimum atomic E-state index is -2.28. The summed E-state index contributed by atoms with van der Waals surface area (Å²) in [5.74, 6) is -4.46. The Hall–Kier alpha value is -3.92. The van der Waals surface area contributed by atoms with Gasteiger partial charge < -0.3 is 10.6 Å². The van der Waals surface area contributed by atoms with Crippen LogP contribution in [0.1, 0.15) is 25.3 Å². The van der Waals surface area contributed by atoms with E-state index in [2.05, 4.69) is 16.8 Å². The number of imidazole rings is 1. The van der Waals surface area contributed by atoms with Crippen LogP contribution < -0.4 is 21.9 Å². The van der Waals surface area contributed by atoms with Gasteiger partial charge in [-0.1, -0.05) is 18.1 Å². The molecule has 4 rings (SSSR count). The van der Waals surface area contributed by atoms with E-state index in [0.29, 0.717) is 25.1 Å². The molecule has 1 unspecified atom stereocenters. The maximum Gasteiger partial charge on any atom is 0.332 e. The summed E-state index contributed by atoms with van der Waals surface area (Å²) in [5.41, 5.74) is 3.57. The zero-order chi connectivity index (χ0) is 27.0. The summed E-state index contributed by atoms with van der Waals surface area (Å²) < 4.78 is 71.8. The van der Waals surface area contributed by atoms with Crippen molar-refractivity contribution in [3.05, 3.63) is 61.6 Å². The third-order valence-corrected chi connectivity index (χ3v) is 6.18. The standard InChI is InChI=1S/C24H23F5N6O2/c1-3-4-10-34-20-21(31-23(34)33-9-5-7-13(30)12-33)32(2)24(37)35(22(20)36)11-6-8-14-15(25)17(27)19(29)18(28)16(14)26/h6,8,13H,5,7,9-12,30H2,1-2H3. The number of hydrogen-bond donors (Lipinski definition) is 1. The molecule has 1 aliphatic heterocycles. The summed E-state index contributed by atoms with van der Waals surface area (Å²) in [4.78, 5) is 32.8. The van der Waals surface area contributed by atoms with Crippen LogP contribution >= 0.6 is 0 Å². The first-order valence-corrected chi connectivity index (χ1v) is 11.4. The highest BCUT2D eigenvalue weighted by atomic mass is 19.2. The van der Waals surface area contributed by atoms with Crippen LogP contribution in [0.2, 0.25) is 0 Å². The molecule has 13 heteroatoms. The largest absolute Gasteiger partial charge is 0.341 e. The maximum atomic E-state index is 14.0. The summed E-state index contributed by atoms with van der Waals surface area (Å²) in [6.45, 7) is 2.37. The van der Waals surface area contributed by atoms with Crippen LogP contribution in [-0.4, -0.2) is 37.8 Å². The van der Waals surface area contributed by atoms with E-state index in [-0.39, 0.29) is 23.8 Å². The first-order chi connectivity index (χ1) is 17.6. The molecular weight excluding hydrogens is 499 g/mol. The quantitative estimate of drug-likeness (QED) is 0.240. The summed E-state index contributed by atoms with van der Waals surface area (Å²) in [5, 5.41) is 0. The van der Waals surface area contributed by atoms with Gasteiger partial charge in [-0.3, -0.25) is 18.5 Å². The molecule has 0 bridgehead atoms. The molecule has 3 aromatic rings. The van der Waals surface area contributed by atoms with Gasteiger partial charge >= 0.3 is 5.69 Å². The Balaban J connectivity index is 1.83. The number of halogens is 5. The first-order valence-electron chi connectivity index (χ1n) is 11.4. The predicted octanol–water partition coefficient (Wildman–Crippen LogP) is 2.26. The second-order valence-corrected chi connectivity index (χ2v) is 8.59. The number of piperidine rings is 1. The second-order valence-electron chi connectivity index (χ2n) is 8.59. The molecule has 0 spiro atoms. The Bertz CT molecular complexity index is 1560. The van der Waals surface area contributed by atoms with E-state index in [1.807, 2.05) is 4.90 Å². The SMILES string of the molecule is CC#CCn1c(N2CCCC(N)C2)nc2c1c(=O)n(CC=Cc1c(F)c(F)c(F)c(F)c1F)c(=O)n2C. The van der Waals surface area contributed by atoms with E-state index >= 15 is 0 Å². The molecular formula is C24H23F5N6O2. The summed E-state index contributed by atoms with van der Waals surface area (Å²) in [6.07, 6.45) is 3.25. The van der Waals surface area contributed by atoms with Gasteiger partial charge in [-0.15, -0.1) is 5.92 Å². The molecule has 0 radical (unpaired) electrons. The van der Waals surface area contributed by atoms with E-state index < -0.39 is 52.4 Å². The van der Waals surface area contributed by atoms with Gasteiger partial charge in [0.05, 0.1) is 12.1 Å². The molecule has 0 saturated carbocycles. The van der Waals surface area contributed by atoms with Crippen LogP contribution in [0.25, 0.3) is 17.2 Å². The zero-order valence-electron chi connectivity index (χ0n) is 20.0. The molecule has 1 atom stereocenters. The Morgan fingerprint density at radius 1 is 1.05 bits per heavy atom. The summed E-state index contributed by atoms with van der Waals surface area (Å²) in [6, 6.07) is -0.0909. The normalized spacial score (nSPS) is 16.0. The smallest absolute Gasteiger partial charge is 0.332 e. The average molecular weight is 522 g/mol. The lowest BCUT2D eigenvalue weighted by molar-refractivity contribution is 0.377. The topological polar surface area (TPSA) is 91.1 Å². The van der Waals surface area contributed by atoms with Gasteiger partial charge in [0.25, 0.3) is 5.56 Å². The van der Waals surface area contributed by atoms with Crippen LogP contribution in [0.5, 0.6) is 0 Å². The Morgan fingerprint density at radius 3 is 2.32 bits per heavy atom. The zero-order valence-corrected chi connectivity index (χ0v) is 20.0. The molecule has 2 aromatic heterocycles. The van der Waals surface area contributed by atoms with Crippen molar-refractivity contribution in [2.24, 2.45) is 12.8 Å². The first kappa shape index (κ1) is 26.2. The molecule has 196 valence electrons. The second kappa shape index (κ2) is 10.2. The molecule has 37 heavy (non-hydrogen) atoms. The lowest BCUT2D eigenvalue weighted by Gasteiger charge is -2.31. The van der Waals surface area contributed by atoms with Crippen molar-refractivity contribution < 1.29 is 22.0 Å². The van der Waals surface area contributed by atoms with Gasteiger partial charge in [0.2, 0.25) is 11.8 Å². The Morgan fingerprint density at radius 2 is 1.70 bits per heavy atom. The van der Waals surface area contributed by atoms with Crippen molar-refractivity contribution in [2.75, 3.05) is 18.0 Å². The van der Waals surface area contributed by atoms with Crippen molar-refractivity contribution in [1.29, 1.82) is 0 Å². The number of anilines is 1. The minimum absolute atomic E-state index is 0.0728. The van der Waals surface area contributed by atoms with Gasteiger partial charge in [-0.2, -0.15) is 4.98 Å². The molecule has 0 aliphatic carbocycles. The third kappa shape index (κ3) is 4.53. The number of benzene rings is 1. The van der Waals surface area contributed by atoms with Gasteiger partial charge in [0.15, 0.2) is 34.4 Å². The number of allylic oxidation sites excluding steroid dienone is 1. The monoisotopic (exact) mass is 522 g/mol. The number of aromatic nitrogens is 4. The number of rotatable bonds is 5. The third-order valence-electron chi connectivity index (χ3n) is 6.18. The van der Waals surface area contributed by atoms with Crippen LogP contribution in [-0.2, 0) is 20.1 Å². The van der Waals surface area contributed by atoms with Gasteiger partial charge in [-0.05, 0) is 19.8 Å². The van der Waals surface area contributed by atoms with Crippen molar-refractivity contribution >= 4 is 23.2 Å². The van der Waals surface area contributed by atoms with Gasteiger partial charge in [-0.25, -0.2) is 26.7 Å². The number of fused-ring (bicyclic) bond motifs is 1. The number of hydrogen-bond acceptors (Lipinski definition) is 5. The lowest BCUT2D eigenvalue weighted by atomic mass is 10.1. The maximum absolute atomic E-state index is 14.0. The highest BCUT2D eigenvalue weighted by Crippen LogP contribution is 2.25. The molecule has 2 N–H and O–H groups in total. The minimum Gasteiger partial charge on any atom is -0.341 e. The lowest BCUT2D eigenvalue weighted by Crippen LogP contribution is -2.44. The highest BCUT2D eigenvalue weighted by Gasteiger charge is 2.27. The summed E-state index contributed by atoms with van der Waals surface area (Å²) in [7, 11) is 1.41. The van der Waals surface area contributed by atoms with Crippen molar-refractivity contribution in [3.8, 4) is 11.8 Å². The fraction of sp³-hybridized carbons (Fsp3) is 0.375. The van der Waals surface area contributed by atoms with Crippen LogP contribution in [0.3, 0.4) is 0 Å². The van der Waals surface area contributed by atoms with E-state index in [4.69, 9.17) is 5.73 Å². The molecule has 1 aromatic carbocycles. The summed E-state index contributed by atoms with van der Waals surface area (Å²) >= 11 is 0. The van der Waals surface area contributed by atoms with Crippen LogP contribution in [0.4, 0.5) is 27.9 Å². The molecule has 1 saturated heterocycles. The van der Waals surface area contributed by atoms with Crippen molar-refractivity contribution in [3.63, 3.8) is 0 Å². The molecule has 0 amide bonds. The van der Waals surface area contributed by atoms with Gasteiger partial charge in [0, 0.05) is 32.7 Å². The van der Waals surface area contributed by atoms with E-state index in [1.165, 1.54) is 7.05 Å². The number of nitrogens with zero attached hydrogens (tertiary/aromatic N) is 5. The fourth-order valence-electron chi connectivity index (χ4n) is 4.31. The molecule has 8 nitrogen and oxygen atoms in total. The van der Waals surface area contributed by atoms with E-state index in [1.54, 1.807) is 11.5 Å².